The van der Waals surface area contributed by atoms with Crippen LogP contribution in [0, 0.1) is 18.3 Å². The van der Waals surface area contributed by atoms with Crippen LogP contribution in [-0.4, -0.2) is 4.98 Å². The van der Waals surface area contributed by atoms with Crippen molar-refractivity contribution in [3.05, 3.63) is 51.1 Å². The quantitative estimate of drug-likeness (QED) is 0.890. The van der Waals surface area contributed by atoms with Gasteiger partial charge in [-0.1, -0.05) is 27.5 Å². The molecule has 5 heteroatoms. The number of hydrogen-bond acceptors (Lipinski definition) is 3. The first-order valence-electron chi connectivity index (χ1n) is 5.19. The van der Waals surface area contributed by atoms with E-state index in [1.807, 2.05) is 31.2 Å². The lowest BCUT2D eigenvalue weighted by molar-refractivity contribution is 1.29. The van der Waals surface area contributed by atoms with E-state index in [1.54, 1.807) is 12.3 Å². The van der Waals surface area contributed by atoms with Crippen LogP contribution in [0.4, 0.5) is 11.5 Å². The maximum atomic E-state index is 8.89. The van der Waals surface area contributed by atoms with Crippen LogP contribution >= 0.6 is 27.5 Å². The molecule has 0 saturated heterocycles. The Morgan fingerprint density at radius 3 is 2.83 bits per heavy atom. The summed E-state index contributed by atoms with van der Waals surface area (Å²) in [5.41, 5.74) is 2.38. The highest BCUT2D eigenvalue weighted by Crippen LogP contribution is 2.27. The van der Waals surface area contributed by atoms with Crippen molar-refractivity contribution in [2.45, 2.75) is 6.92 Å². The standard InChI is InChI=1S/C13H9BrClN3/c1-8-6-10(2-3-11(8)14)18-13-12(15)9(7-16)4-5-17-13/h2-6H,1H3,(H,17,18). The Balaban J connectivity index is 2.35. The van der Waals surface area contributed by atoms with Gasteiger partial charge >= 0.3 is 0 Å². The van der Waals surface area contributed by atoms with Gasteiger partial charge in [-0.2, -0.15) is 5.26 Å². The van der Waals surface area contributed by atoms with Crippen molar-refractivity contribution in [2.24, 2.45) is 0 Å². The van der Waals surface area contributed by atoms with Gasteiger partial charge in [0.15, 0.2) is 5.82 Å². The van der Waals surface area contributed by atoms with Gasteiger partial charge in [-0.05, 0) is 36.8 Å². The van der Waals surface area contributed by atoms with Gasteiger partial charge in [0, 0.05) is 16.4 Å². The molecule has 90 valence electrons. The molecule has 0 spiro atoms. The predicted molar refractivity (Wildman–Crippen MR) is 76.1 cm³/mol. The second kappa shape index (κ2) is 5.38. The molecule has 0 amide bonds. The van der Waals surface area contributed by atoms with Gasteiger partial charge in [0.1, 0.15) is 11.1 Å². The Hall–Kier alpha value is -1.57. The number of halogens is 2. The molecule has 0 aliphatic carbocycles. The number of rotatable bonds is 2. The fraction of sp³-hybridized carbons (Fsp3) is 0.0769. The molecule has 1 aromatic heterocycles. The zero-order valence-electron chi connectivity index (χ0n) is 9.54. The summed E-state index contributed by atoms with van der Waals surface area (Å²) in [5, 5.41) is 12.3. The van der Waals surface area contributed by atoms with Gasteiger partial charge < -0.3 is 5.32 Å². The molecule has 1 aromatic carbocycles. The molecular formula is C13H9BrClN3. The summed E-state index contributed by atoms with van der Waals surface area (Å²) in [5.74, 6) is 0.484. The van der Waals surface area contributed by atoms with E-state index in [0.717, 1.165) is 15.7 Å². The third-order valence-electron chi connectivity index (χ3n) is 2.43. The van der Waals surface area contributed by atoms with E-state index in [9.17, 15) is 0 Å². The number of benzene rings is 1. The molecule has 0 bridgehead atoms. The zero-order valence-corrected chi connectivity index (χ0v) is 11.9. The summed E-state index contributed by atoms with van der Waals surface area (Å²) in [6, 6.07) is 9.43. The summed E-state index contributed by atoms with van der Waals surface area (Å²) in [6.07, 6.45) is 1.55. The normalized spacial score (nSPS) is 9.89. The average molecular weight is 323 g/mol. The SMILES string of the molecule is Cc1cc(Nc2nccc(C#N)c2Cl)ccc1Br. The van der Waals surface area contributed by atoms with Gasteiger partial charge in [0.2, 0.25) is 0 Å². The summed E-state index contributed by atoms with van der Waals surface area (Å²) in [7, 11) is 0. The molecular weight excluding hydrogens is 314 g/mol. The summed E-state index contributed by atoms with van der Waals surface area (Å²) >= 11 is 9.51. The van der Waals surface area contributed by atoms with Crippen molar-refractivity contribution < 1.29 is 0 Å². The molecule has 2 aromatic rings. The third-order valence-corrected chi connectivity index (χ3v) is 3.70. The Bertz CT molecular complexity index is 635. The van der Waals surface area contributed by atoms with E-state index in [-0.39, 0.29) is 0 Å². The first-order chi connectivity index (χ1) is 8.61. The predicted octanol–water partition coefficient (Wildman–Crippen LogP) is 4.42. The van der Waals surface area contributed by atoms with E-state index in [2.05, 4.69) is 26.2 Å². The van der Waals surface area contributed by atoms with Crippen LogP contribution < -0.4 is 5.32 Å². The topological polar surface area (TPSA) is 48.7 Å². The van der Waals surface area contributed by atoms with Crippen molar-refractivity contribution >= 4 is 39.0 Å². The number of nitrogens with one attached hydrogen (secondary N) is 1. The van der Waals surface area contributed by atoms with Crippen LogP contribution in [0.2, 0.25) is 5.02 Å². The number of hydrogen-bond donors (Lipinski definition) is 1. The third kappa shape index (κ3) is 2.63. The largest absolute Gasteiger partial charge is 0.339 e. The van der Waals surface area contributed by atoms with Gasteiger partial charge in [-0.25, -0.2) is 4.98 Å². The van der Waals surface area contributed by atoms with Crippen molar-refractivity contribution in [1.82, 2.24) is 4.98 Å². The zero-order chi connectivity index (χ0) is 13.1. The minimum atomic E-state index is 0.334. The second-order valence-corrected chi connectivity index (χ2v) is 4.95. The fourth-order valence-electron chi connectivity index (χ4n) is 1.48. The highest BCUT2D eigenvalue weighted by Gasteiger charge is 2.07. The Labute approximate surface area is 119 Å². The van der Waals surface area contributed by atoms with E-state index in [0.29, 0.717) is 16.4 Å². The number of aryl methyl sites for hydroxylation is 1. The molecule has 1 heterocycles. The van der Waals surface area contributed by atoms with Crippen molar-refractivity contribution in [3.63, 3.8) is 0 Å². The average Bonchev–Trinajstić information content (AvgIpc) is 2.36. The van der Waals surface area contributed by atoms with Gasteiger partial charge in [-0.15, -0.1) is 0 Å². The first-order valence-corrected chi connectivity index (χ1v) is 6.36. The highest BCUT2D eigenvalue weighted by atomic mass is 79.9. The minimum Gasteiger partial charge on any atom is -0.339 e. The smallest absolute Gasteiger partial charge is 0.150 e. The first kappa shape index (κ1) is 12.9. The van der Waals surface area contributed by atoms with Crippen molar-refractivity contribution in [2.75, 3.05) is 5.32 Å². The number of nitrogens with zero attached hydrogens (tertiary/aromatic N) is 2. The summed E-state index contributed by atoms with van der Waals surface area (Å²) < 4.78 is 1.04. The van der Waals surface area contributed by atoms with E-state index in [1.165, 1.54) is 0 Å². The number of nitriles is 1. The lowest BCUT2D eigenvalue weighted by Gasteiger charge is -2.09. The fourth-order valence-corrected chi connectivity index (χ4v) is 1.92. The molecule has 0 atom stereocenters. The summed E-state index contributed by atoms with van der Waals surface area (Å²) in [6.45, 7) is 2.00. The minimum absolute atomic E-state index is 0.334. The van der Waals surface area contributed by atoms with Crippen LogP contribution in [0.25, 0.3) is 0 Å². The second-order valence-electron chi connectivity index (χ2n) is 3.72. The molecule has 0 unspecified atom stereocenters. The Kier molecular flexibility index (Phi) is 3.85. The Morgan fingerprint density at radius 2 is 2.17 bits per heavy atom. The van der Waals surface area contributed by atoms with Crippen LogP contribution in [0.3, 0.4) is 0 Å². The highest BCUT2D eigenvalue weighted by molar-refractivity contribution is 9.10. The number of aromatic nitrogens is 1. The van der Waals surface area contributed by atoms with E-state index in [4.69, 9.17) is 16.9 Å². The molecule has 0 saturated carbocycles. The van der Waals surface area contributed by atoms with Gasteiger partial charge in [-0.3, -0.25) is 0 Å². The maximum Gasteiger partial charge on any atom is 0.150 e. The molecule has 0 aliphatic heterocycles. The van der Waals surface area contributed by atoms with Gasteiger partial charge in [0.25, 0.3) is 0 Å². The van der Waals surface area contributed by atoms with Crippen molar-refractivity contribution in [3.8, 4) is 6.07 Å². The van der Waals surface area contributed by atoms with Crippen molar-refractivity contribution in [1.29, 1.82) is 5.26 Å². The molecule has 0 aliphatic rings. The van der Waals surface area contributed by atoms with Gasteiger partial charge in [0.05, 0.1) is 5.56 Å². The molecule has 18 heavy (non-hydrogen) atoms. The molecule has 0 radical (unpaired) electrons. The molecule has 0 fully saturated rings. The molecule has 3 nitrogen and oxygen atoms in total. The lowest BCUT2D eigenvalue weighted by atomic mass is 10.2. The van der Waals surface area contributed by atoms with Crippen LogP contribution in [-0.2, 0) is 0 Å². The van der Waals surface area contributed by atoms with Crippen LogP contribution in [0.1, 0.15) is 11.1 Å². The lowest BCUT2D eigenvalue weighted by Crippen LogP contribution is -1.96. The van der Waals surface area contributed by atoms with Crippen LogP contribution in [0.5, 0.6) is 0 Å². The maximum absolute atomic E-state index is 8.89. The number of pyridine rings is 1. The van der Waals surface area contributed by atoms with E-state index >= 15 is 0 Å². The molecule has 1 N–H and O–H groups in total. The van der Waals surface area contributed by atoms with E-state index < -0.39 is 0 Å². The monoisotopic (exact) mass is 321 g/mol. The van der Waals surface area contributed by atoms with Crippen LogP contribution in [0.15, 0.2) is 34.9 Å². The number of anilines is 2. The Morgan fingerprint density at radius 1 is 1.39 bits per heavy atom. The molecule has 2 rings (SSSR count). The summed E-state index contributed by atoms with van der Waals surface area (Å²) in [4.78, 5) is 4.13.